The molecule has 6 nitrogen and oxygen atoms in total. The summed E-state index contributed by atoms with van der Waals surface area (Å²) in [5.74, 6) is -0.145. The molecule has 1 saturated heterocycles. The molecule has 0 saturated carbocycles. The fourth-order valence-corrected chi connectivity index (χ4v) is 3.10. The smallest absolute Gasteiger partial charge is 0.241 e. The van der Waals surface area contributed by atoms with Crippen molar-refractivity contribution in [1.82, 2.24) is 5.32 Å². The van der Waals surface area contributed by atoms with Crippen molar-refractivity contribution in [3.05, 3.63) is 23.8 Å². The minimum absolute atomic E-state index is 0.0342. The Morgan fingerprint density at radius 1 is 1.40 bits per heavy atom. The van der Waals surface area contributed by atoms with E-state index in [0.29, 0.717) is 11.3 Å². The van der Waals surface area contributed by atoms with Gasteiger partial charge >= 0.3 is 0 Å². The summed E-state index contributed by atoms with van der Waals surface area (Å²) in [5.41, 5.74) is 0.998. The van der Waals surface area contributed by atoms with Gasteiger partial charge in [-0.3, -0.25) is 4.79 Å². The first-order chi connectivity index (χ1) is 9.38. The molecule has 0 bridgehead atoms. The number of primary sulfonamides is 1. The highest BCUT2D eigenvalue weighted by Gasteiger charge is 2.21. The van der Waals surface area contributed by atoms with Gasteiger partial charge in [0, 0.05) is 5.69 Å². The Labute approximate surface area is 118 Å². The number of nitrogens with two attached hydrogens (primary N) is 1. The Morgan fingerprint density at radius 2 is 2.15 bits per heavy atom. The number of sulfonamides is 1. The zero-order valence-electron chi connectivity index (χ0n) is 11.3. The first kappa shape index (κ1) is 15.0. The largest absolute Gasteiger partial charge is 0.325 e. The number of hydrogen-bond acceptors (Lipinski definition) is 4. The van der Waals surface area contributed by atoms with Gasteiger partial charge in [0.2, 0.25) is 15.9 Å². The second-order valence-electron chi connectivity index (χ2n) is 5.02. The molecule has 1 fully saturated rings. The summed E-state index contributed by atoms with van der Waals surface area (Å²) in [6.07, 6.45) is 2.88. The lowest BCUT2D eigenvalue weighted by molar-refractivity contribution is -0.118. The summed E-state index contributed by atoms with van der Waals surface area (Å²) in [6.45, 7) is 2.49. The maximum absolute atomic E-state index is 12.1. The van der Waals surface area contributed by atoms with Gasteiger partial charge in [0.25, 0.3) is 0 Å². The van der Waals surface area contributed by atoms with E-state index < -0.39 is 10.0 Å². The van der Waals surface area contributed by atoms with E-state index in [1.165, 1.54) is 6.07 Å². The van der Waals surface area contributed by atoms with Crippen molar-refractivity contribution in [2.24, 2.45) is 5.14 Å². The third kappa shape index (κ3) is 3.56. The molecule has 2 rings (SSSR count). The van der Waals surface area contributed by atoms with Crippen LogP contribution in [-0.2, 0) is 14.8 Å². The van der Waals surface area contributed by atoms with Crippen LogP contribution in [0.5, 0.6) is 0 Å². The third-order valence-electron chi connectivity index (χ3n) is 3.39. The molecular formula is C13H19N3O3S. The number of benzene rings is 1. The number of carbonyl (C=O) groups excluding carboxylic acids is 1. The molecule has 20 heavy (non-hydrogen) atoms. The first-order valence-electron chi connectivity index (χ1n) is 6.55. The Kier molecular flexibility index (Phi) is 4.42. The zero-order valence-corrected chi connectivity index (χ0v) is 12.2. The normalized spacial score (nSPS) is 19.6. The molecule has 110 valence electrons. The van der Waals surface area contributed by atoms with E-state index in [1.807, 2.05) is 0 Å². The number of amides is 1. The van der Waals surface area contributed by atoms with Crippen LogP contribution in [0.25, 0.3) is 0 Å². The Morgan fingerprint density at radius 3 is 2.75 bits per heavy atom. The standard InChI is InChI=1S/C13H19N3O3S/c1-9-5-6-10(8-12(9)20(14,18)19)16-13(17)11-4-2-3-7-15-11/h5-6,8,11,15H,2-4,7H2,1H3,(H,16,17)(H2,14,18,19)/t11-/m1/s1. The highest BCUT2D eigenvalue weighted by atomic mass is 32.2. The Bertz CT molecular complexity index is 607. The van der Waals surface area contributed by atoms with Crippen LogP contribution < -0.4 is 15.8 Å². The van der Waals surface area contributed by atoms with Gasteiger partial charge < -0.3 is 10.6 Å². The molecule has 0 radical (unpaired) electrons. The molecular weight excluding hydrogens is 278 g/mol. The molecule has 0 unspecified atom stereocenters. The number of piperidine rings is 1. The summed E-state index contributed by atoms with van der Waals surface area (Å²) >= 11 is 0. The van der Waals surface area contributed by atoms with E-state index in [1.54, 1.807) is 19.1 Å². The summed E-state index contributed by atoms with van der Waals surface area (Å²) in [5, 5.41) is 11.0. The van der Waals surface area contributed by atoms with E-state index in [4.69, 9.17) is 5.14 Å². The molecule has 7 heteroatoms. The van der Waals surface area contributed by atoms with Crippen molar-refractivity contribution in [2.75, 3.05) is 11.9 Å². The molecule has 0 aliphatic carbocycles. The molecule has 4 N–H and O–H groups in total. The number of rotatable bonds is 3. The van der Waals surface area contributed by atoms with E-state index in [-0.39, 0.29) is 16.8 Å². The van der Waals surface area contributed by atoms with E-state index in [9.17, 15) is 13.2 Å². The van der Waals surface area contributed by atoms with Gasteiger partial charge in [-0.15, -0.1) is 0 Å². The summed E-state index contributed by atoms with van der Waals surface area (Å²) < 4.78 is 22.9. The molecule has 1 aliphatic heterocycles. The van der Waals surface area contributed by atoms with Gasteiger partial charge in [-0.25, -0.2) is 13.6 Å². The van der Waals surface area contributed by atoms with Crippen LogP contribution in [0, 0.1) is 6.92 Å². The van der Waals surface area contributed by atoms with Crippen molar-refractivity contribution in [3.63, 3.8) is 0 Å². The van der Waals surface area contributed by atoms with Crippen molar-refractivity contribution < 1.29 is 13.2 Å². The number of aryl methyl sites for hydroxylation is 1. The maximum Gasteiger partial charge on any atom is 0.241 e. The molecule has 1 aliphatic rings. The summed E-state index contributed by atoms with van der Waals surface area (Å²) in [6, 6.07) is 4.47. The van der Waals surface area contributed by atoms with Crippen molar-refractivity contribution in [1.29, 1.82) is 0 Å². The minimum Gasteiger partial charge on any atom is -0.325 e. The lowest BCUT2D eigenvalue weighted by atomic mass is 10.0. The van der Waals surface area contributed by atoms with Crippen molar-refractivity contribution in [3.8, 4) is 0 Å². The number of anilines is 1. The molecule has 1 atom stereocenters. The highest BCUT2D eigenvalue weighted by molar-refractivity contribution is 7.89. The second-order valence-corrected chi connectivity index (χ2v) is 6.55. The van der Waals surface area contributed by atoms with Crippen LogP contribution in [-0.4, -0.2) is 26.9 Å². The van der Waals surface area contributed by atoms with Crippen LogP contribution >= 0.6 is 0 Å². The van der Waals surface area contributed by atoms with Gasteiger partial charge in [0.05, 0.1) is 10.9 Å². The van der Waals surface area contributed by atoms with Crippen LogP contribution in [0.4, 0.5) is 5.69 Å². The van der Waals surface area contributed by atoms with Crippen LogP contribution in [0.15, 0.2) is 23.1 Å². The quantitative estimate of drug-likeness (QED) is 0.765. The molecule has 0 spiro atoms. The lowest BCUT2D eigenvalue weighted by Crippen LogP contribution is -2.43. The van der Waals surface area contributed by atoms with Crippen LogP contribution in [0.1, 0.15) is 24.8 Å². The molecule has 1 aromatic rings. The highest BCUT2D eigenvalue weighted by Crippen LogP contribution is 2.19. The van der Waals surface area contributed by atoms with E-state index in [2.05, 4.69) is 10.6 Å². The molecule has 1 aromatic carbocycles. The minimum atomic E-state index is -3.78. The number of carbonyl (C=O) groups is 1. The fraction of sp³-hybridized carbons (Fsp3) is 0.462. The van der Waals surface area contributed by atoms with Crippen LogP contribution in [0.3, 0.4) is 0 Å². The average molecular weight is 297 g/mol. The second kappa shape index (κ2) is 5.90. The van der Waals surface area contributed by atoms with E-state index in [0.717, 1.165) is 25.8 Å². The SMILES string of the molecule is Cc1ccc(NC(=O)[C@H]2CCCCN2)cc1S(N)(=O)=O. The third-order valence-corrected chi connectivity index (χ3v) is 4.44. The zero-order chi connectivity index (χ0) is 14.8. The molecule has 1 amide bonds. The van der Waals surface area contributed by atoms with Gasteiger partial charge in [-0.05, 0) is 44.0 Å². The van der Waals surface area contributed by atoms with Gasteiger partial charge in [-0.2, -0.15) is 0 Å². The summed E-state index contributed by atoms with van der Waals surface area (Å²) in [7, 11) is -3.78. The lowest BCUT2D eigenvalue weighted by Gasteiger charge is -2.22. The van der Waals surface area contributed by atoms with Crippen molar-refractivity contribution >= 4 is 21.6 Å². The molecule has 0 aromatic heterocycles. The number of hydrogen-bond donors (Lipinski definition) is 3. The van der Waals surface area contributed by atoms with Crippen molar-refractivity contribution in [2.45, 2.75) is 37.1 Å². The summed E-state index contributed by atoms with van der Waals surface area (Å²) in [4.78, 5) is 12.1. The Balaban J connectivity index is 2.15. The number of nitrogens with one attached hydrogen (secondary N) is 2. The maximum atomic E-state index is 12.1. The monoisotopic (exact) mass is 297 g/mol. The topological polar surface area (TPSA) is 101 Å². The molecule has 1 heterocycles. The van der Waals surface area contributed by atoms with Gasteiger partial charge in [0.15, 0.2) is 0 Å². The van der Waals surface area contributed by atoms with Gasteiger partial charge in [0.1, 0.15) is 0 Å². The van der Waals surface area contributed by atoms with E-state index >= 15 is 0 Å². The van der Waals surface area contributed by atoms with Crippen LogP contribution in [0.2, 0.25) is 0 Å². The predicted octanol–water partition coefficient (Wildman–Crippen LogP) is 0.723. The first-order valence-corrected chi connectivity index (χ1v) is 8.10. The average Bonchev–Trinajstić information content (AvgIpc) is 2.40. The van der Waals surface area contributed by atoms with Gasteiger partial charge in [-0.1, -0.05) is 12.5 Å². The fourth-order valence-electron chi connectivity index (χ4n) is 2.29. The predicted molar refractivity (Wildman–Crippen MR) is 76.8 cm³/mol. The Hall–Kier alpha value is -1.44.